The summed E-state index contributed by atoms with van der Waals surface area (Å²) in [6.07, 6.45) is 15.4. The molecular formula is C25H51N2O4S+. The van der Waals surface area contributed by atoms with Gasteiger partial charge in [-0.05, 0) is 39.5 Å². The number of hydrogen-bond acceptors (Lipinski definition) is 3. The summed E-state index contributed by atoms with van der Waals surface area (Å²) in [5, 5.41) is 0. The number of amides is 1. The van der Waals surface area contributed by atoms with Gasteiger partial charge in [0.15, 0.2) is 0 Å². The Balaban J connectivity index is 2.55. The number of carbonyl (C=O) groups is 1. The number of unbranched alkanes of at least 4 members (excludes halogenated alkanes) is 9. The second-order valence-electron chi connectivity index (χ2n) is 9.87. The summed E-state index contributed by atoms with van der Waals surface area (Å²) in [7, 11) is -3.93. The van der Waals surface area contributed by atoms with Crippen LogP contribution in [0.2, 0.25) is 0 Å². The lowest BCUT2D eigenvalue weighted by Gasteiger charge is -2.45. The molecule has 1 heterocycles. The lowest BCUT2D eigenvalue weighted by atomic mass is 9.93. The molecule has 1 amide bonds. The molecule has 7 heteroatoms. The van der Waals surface area contributed by atoms with Crippen molar-refractivity contribution in [3.05, 3.63) is 0 Å². The maximum atomic E-state index is 13.0. The molecular weight excluding hydrogens is 424 g/mol. The lowest BCUT2D eigenvalue weighted by molar-refractivity contribution is -0.935. The number of carbonyl (C=O) groups excluding carboxylic acids is 1. The standard InChI is InChI=1S/C25H50N2O4S/c1-4-7-8-9-10-11-12-13-14-15-19-27(21-17-22-32(29,30)31)20-16-18-24(23-27)25(28)26(5-2)6-3/h24H,4-23H2,1-3H3/p+1/t24-,27+/m0/s1. The molecule has 0 radical (unpaired) electrons. The number of rotatable bonds is 18. The Morgan fingerprint density at radius 2 is 1.41 bits per heavy atom. The Hall–Kier alpha value is -0.660. The van der Waals surface area contributed by atoms with E-state index >= 15 is 0 Å². The van der Waals surface area contributed by atoms with Gasteiger partial charge in [0.05, 0.1) is 37.8 Å². The Morgan fingerprint density at radius 3 is 1.94 bits per heavy atom. The summed E-state index contributed by atoms with van der Waals surface area (Å²) in [5.74, 6) is 0.118. The number of hydrogen-bond donors (Lipinski definition) is 1. The molecule has 32 heavy (non-hydrogen) atoms. The van der Waals surface area contributed by atoms with Crippen LogP contribution in [0.15, 0.2) is 0 Å². The average Bonchev–Trinajstić information content (AvgIpc) is 2.75. The van der Waals surface area contributed by atoms with Gasteiger partial charge >= 0.3 is 0 Å². The monoisotopic (exact) mass is 475 g/mol. The van der Waals surface area contributed by atoms with Crippen LogP contribution in [0.3, 0.4) is 0 Å². The summed E-state index contributed by atoms with van der Waals surface area (Å²) in [6, 6.07) is 0. The summed E-state index contributed by atoms with van der Waals surface area (Å²) < 4.78 is 32.5. The molecule has 6 nitrogen and oxygen atoms in total. The molecule has 0 bridgehead atoms. The molecule has 0 aromatic rings. The highest BCUT2D eigenvalue weighted by Gasteiger charge is 2.38. The van der Waals surface area contributed by atoms with Crippen molar-refractivity contribution in [2.75, 3.05) is 45.0 Å². The third kappa shape index (κ3) is 12.0. The Morgan fingerprint density at radius 1 is 0.875 bits per heavy atom. The average molecular weight is 476 g/mol. The van der Waals surface area contributed by atoms with E-state index in [1.807, 2.05) is 18.7 Å². The smallest absolute Gasteiger partial charge is 0.265 e. The Labute approximate surface area is 198 Å². The zero-order valence-electron chi connectivity index (χ0n) is 21.2. The summed E-state index contributed by atoms with van der Waals surface area (Å²) in [4.78, 5) is 14.9. The van der Waals surface area contributed by atoms with Gasteiger partial charge in [0.2, 0.25) is 5.91 Å². The summed E-state index contributed by atoms with van der Waals surface area (Å²) in [5.41, 5.74) is 0. The fourth-order valence-electron chi connectivity index (χ4n) is 5.35. The van der Waals surface area contributed by atoms with Gasteiger partial charge in [-0.2, -0.15) is 8.42 Å². The van der Waals surface area contributed by atoms with Gasteiger partial charge in [-0.25, -0.2) is 0 Å². The van der Waals surface area contributed by atoms with E-state index in [4.69, 9.17) is 0 Å². The predicted molar refractivity (Wildman–Crippen MR) is 133 cm³/mol. The second kappa shape index (κ2) is 16.0. The molecule has 0 aliphatic carbocycles. The fourth-order valence-corrected chi connectivity index (χ4v) is 5.85. The van der Waals surface area contributed by atoms with Crippen molar-refractivity contribution >= 4 is 16.0 Å². The van der Waals surface area contributed by atoms with Gasteiger partial charge in [-0.1, -0.05) is 58.3 Å². The first-order chi connectivity index (χ1) is 15.3. The van der Waals surface area contributed by atoms with Crippen molar-refractivity contribution in [3.8, 4) is 0 Å². The van der Waals surface area contributed by atoms with Crippen LogP contribution in [0.25, 0.3) is 0 Å². The SMILES string of the molecule is CCCCCCCCCCCC[N@+]1(CCCS(=O)(=O)O)CCC[C@H](C(=O)N(CC)CC)C1. The van der Waals surface area contributed by atoms with Crippen LogP contribution >= 0.6 is 0 Å². The Kier molecular flexibility index (Phi) is 14.7. The highest BCUT2D eigenvalue weighted by molar-refractivity contribution is 7.85. The number of nitrogens with zero attached hydrogens (tertiary/aromatic N) is 2. The molecule has 1 aliphatic rings. The van der Waals surface area contributed by atoms with Crippen LogP contribution in [0.4, 0.5) is 0 Å². The molecule has 1 rings (SSSR count). The van der Waals surface area contributed by atoms with Gasteiger partial charge in [0.25, 0.3) is 10.1 Å². The second-order valence-corrected chi connectivity index (χ2v) is 11.4. The van der Waals surface area contributed by atoms with E-state index in [1.54, 1.807) is 0 Å². The van der Waals surface area contributed by atoms with Crippen LogP contribution in [0, 0.1) is 5.92 Å². The molecule has 1 saturated heterocycles. The summed E-state index contributed by atoms with van der Waals surface area (Å²) >= 11 is 0. The Bertz CT molecular complexity index is 607. The quantitative estimate of drug-likeness (QED) is 0.166. The van der Waals surface area contributed by atoms with E-state index in [-0.39, 0.29) is 17.6 Å². The zero-order chi connectivity index (χ0) is 23.9. The molecule has 0 unspecified atom stereocenters. The maximum Gasteiger partial charge on any atom is 0.265 e. The first kappa shape index (κ1) is 29.4. The largest absolute Gasteiger partial charge is 0.343 e. The summed E-state index contributed by atoms with van der Waals surface area (Å²) in [6.45, 7) is 11.4. The normalized spacial score (nSPS) is 21.6. The zero-order valence-corrected chi connectivity index (χ0v) is 22.0. The fraction of sp³-hybridized carbons (Fsp3) is 0.960. The van der Waals surface area contributed by atoms with Crippen LogP contribution in [-0.4, -0.2) is 73.3 Å². The van der Waals surface area contributed by atoms with E-state index in [1.165, 1.54) is 57.8 Å². The van der Waals surface area contributed by atoms with E-state index in [2.05, 4.69) is 6.92 Å². The third-order valence-corrected chi connectivity index (χ3v) is 8.04. The molecule has 190 valence electrons. The highest BCUT2D eigenvalue weighted by atomic mass is 32.2. The predicted octanol–water partition coefficient (Wildman–Crippen LogP) is 5.28. The van der Waals surface area contributed by atoms with E-state index in [0.717, 1.165) is 63.0 Å². The van der Waals surface area contributed by atoms with E-state index in [0.29, 0.717) is 6.42 Å². The first-order valence-corrected chi connectivity index (χ1v) is 15.0. The van der Waals surface area contributed by atoms with Crippen LogP contribution in [0.1, 0.15) is 104 Å². The van der Waals surface area contributed by atoms with Gasteiger partial charge in [0.1, 0.15) is 0 Å². The number of likely N-dealkylation sites (tertiary alicyclic amines) is 1. The van der Waals surface area contributed by atoms with Crippen molar-refractivity contribution in [1.82, 2.24) is 4.90 Å². The van der Waals surface area contributed by atoms with Crippen molar-refractivity contribution in [3.63, 3.8) is 0 Å². The van der Waals surface area contributed by atoms with Crippen molar-refractivity contribution in [2.45, 2.75) is 104 Å². The van der Waals surface area contributed by atoms with Gasteiger partial charge in [-0.15, -0.1) is 0 Å². The van der Waals surface area contributed by atoms with Gasteiger partial charge in [0, 0.05) is 19.5 Å². The molecule has 1 aliphatic heterocycles. The number of piperidine rings is 1. The molecule has 1 fully saturated rings. The topological polar surface area (TPSA) is 74.7 Å². The highest BCUT2D eigenvalue weighted by Crippen LogP contribution is 2.27. The van der Waals surface area contributed by atoms with Gasteiger partial charge < -0.3 is 9.38 Å². The minimum Gasteiger partial charge on any atom is -0.343 e. The van der Waals surface area contributed by atoms with Crippen LogP contribution < -0.4 is 0 Å². The molecule has 0 saturated carbocycles. The van der Waals surface area contributed by atoms with Crippen molar-refractivity contribution < 1.29 is 22.2 Å². The minimum absolute atomic E-state index is 0.0394. The minimum atomic E-state index is -3.93. The molecule has 2 atom stereocenters. The maximum absolute atomic E-state index is 13.0. The van der Waals surface area contributed by atoms with Crippen molar-refractivity contribution in [1.29, 1.82) is 0 Å². The van der Waals surface area contributed by atoms with Crippen LogP contribution in [-0.2, 0) is 14.9 Å². The molecule has 0 spiro atoms. The molecule has 0 aromatic carbocycles. The molecule has 1 N–H and O–H groups in total. The van der Waals surface area contributed by atoms with Gasteiger partial charge in [-0.3, -0.25) is 9.35 Å². The van der Waals surface area contributed by atoms with E-state index < -0.39 is 10.1 Å². The first-order valence-electron chi connectivity index (χ1n) is 13.4. The lowest BCUT2D eigenvalue weighted by Crippen LogP contribution is -2.58. The molecule has 0 aromatic heterocycles. The van der Waals surface area contributed by atoms with E-state index in [9.17, 15) is 17.8 Å². The number of quaternary nitrogens is 1. The van der Waals surface area contributed by atoms with Crippen LogP contribution in [0.5, 0.6) is 0 Å². The third-order valence-electron chi connectivity index (χ3n) is 7.24. The van der Waals surface area contributed by atoms with Crippen molar-refractivity contribution in [2.24, 2.45) is 5.92 Å².